The molecule has 1 unspecified atom stereocenters. The van der Waals surface area contributed by atoms with E-state index < -0.39 is 52.6 Å². The number of halogens is 2. The lowest BCUT2D eigenvalue weighted by Crippen LogP contribution is -2.32. The summed E-state index contributed by atoms with van der Waals surface area (Å²) in [5.74, 6) is -3.59. The van der Waals surface area contributed by atoms with E-state index >= 15 is 0 Å². The number of nitro groups is 1. The number of nitrogens with one attached hydrogen (secondary N) is 1. The van der Waals surface area contributed by atoms with Crippen LogP contribution in [0, 0.1) is 21.7 Å². The molecule has 2 aromatic rings. The van der Waals surface area contributed by atoms with Gasteiger partial charge in [0.05, 0.1) is 34.6 Å². The van der Waals surface area contributed by atoms with Crippen molar-refractivity contribution in [3.63, 3.8) is 0 Å². The molecule has 0 aliphatic carbocycles. The van der Waals surface area contributed by atoms with Crippen LogP contribution in [0.2, 0.25) is 0 Å². The van der Waals surface area contributed by atoms with Crippen molar-refractivity contribution < 1.29 is 28.0 Å². The summed E-state index contributed by atoms with van der Waals surface area (Å²) in [5.41, 5.74) is -0.712. The molecule has 0 aliphatic heterocycles. The molecule has 0 aromatic heterocycles. The van der Waals surface area contributed by atoms with Gasteiger partial charge < -0.3 is 10.1 Å². The fraction of sp³-hybridized carbons (Fsp3) is 0.263. The second-order valence-corrected chi connectivity index (χ2v) is 6.21. The summed E-state index contributed by atoms with van der Waals surface area (Å²) < 4.78 is 32.0. The average Bonchev–Trinajstić information content (AvgIpc) is 2.60. The smallest absolute Gasteiger partial charge is 0.308 e. The Hall–Kier alpha value is -3.36. The van der Waals surface area contributed by atoms with Crippen LogP contribution in [0.1, 0.15) is 42.2 Å². The van der Waals surface area contributed by atoms with Crippen LogP contribution in [-0.4, -0.2) is 22.9 Å². The molecule has 7 nitrogen and oxygen atoms in total. The van der Waals surface area contributed by atoms with Crippen LogP contribution in [0.4, 0.5) is 14.5 Å². The highest BCUT2D eigenvalue weighted by Gasteiger charge is 2.27. The molecule has 0 heterocycles. The molecule has 148 valence electrons. The average molecular weight is 392 g/mol. The van der Waals surface area contributed by atoms with E-state index in [9.17, 15) is 28.5 Å². The van der Waals surface area contributed by atoms with Crippen LogP contribution in [0.25, 0.3) is 0 Å². The number of ether oxygens (including phenoxy) is 1. The van der Waals surface area contributed by atoms with Crippen molar-refractivity contribution in [2.75, 3.05) is 0 Å². The maximum Gasteiger partial charge on any atom is 0.308 e. The van der Waals surface area contributed by atoms with E-state index in [1.807, 2.05) is 0 Å². The van der Waals surface area contributed by atoms with E-state index in [0.717, 1.165) is 12.1 Å². The van der Waals surface area contributed by atoms with Gasteiger partial charge in [0.15, 0.2) is 0 Å². The first-order chi connectivity index (χ1) is 13.2. The quantitative estimate of drug-likeness (QED) is 0.440. The Morgan fingerprint density at radius 1 is 1.18 bits per heavy atom. The molecule has 1 amide bonds. The van der Waals surface area contributed by atoms with Gasteiger partial charge in [0.25, 0.3) is 11.6 Å². The van der Waals surface area contributed by atoms with Gasteiger partial charge in [-0.2, -0.15) is 0 Å². The first-order valence-electron chi connectivity index (χ1n) is 8.37. The van der Waals surface area contributed by atoms with Gasteiger partial charge >= 0.3 is 5.97 Å². The number of benzene rings is 2. The van der Waals surface area contributed by atoms with Crippen molar-refractivity contribution >= 4 is 17.6 Å². The summed E-state index contributed by atoms with van der Waals surface area (Å²) in [5, 5.41) is 13.7. The Morgan fingerprint density at radius 3 is 2.46 bits per heavy atom. The van der Waals surface area contributed by atoms with Gasteiger partial charge in [0, 0.05) is 12.1 Å². The highest BCUT2D eigenvalue weighted by molar-refractivity contribution is 5.95. The molecule has 28 heavy (non-hydrogen) atoms. The molecular weight excluding hydrogens is 374 g/mol. The Morgan fingerprint density at radius 2 is 1.86 bits per heavy atom. The second kappa shape index (κ2) is 9.03. The van der Waals surface area contributed by atoms with Gasteiger partial charge in [0.1, 0.15) is 11.6 Å². The molecule has 2 aromatic carbocycles. The molecule has 1 N–H and O–H groups in total. The third-order valence-electron chi connectivity index (χ3n) is 3.73. The lowest BCUT2D eigenvalue weighted by atomic mass is 10.0. The molecule has 2 rings (SSSR count). The minimum absolute atomic E-state index is 0.0593. The summed E-state index contributed by atoms with van der Waals surface area (Å²) in [6, 6.07) is 6.80. The molecule has 0 saturated heterocycles. The second-order valence-electron chi connectivity index (χ2n) is 6.21. The van der Waals surface area contributed by atoms with E-state index in [0.29, 0.717) is 6.07 Å². The maximum absolute atomic E-state index is 13.9. The molecule has 0 spiro atoms. The summed E-state index contributed by atoms with van der Waals surface area (Å²) in [6.45, 7) is 3.26. The lowest BCUT2D eigenvalue weighted by molar-refractivity contribution is -0.385. The number of hydrogen-bond acceptors (Lipinski definition) is 5. The van der Waals surface area contributed by atoms with E-state index in [1.165, 1.54) is 24.3 Å². The van der Waals surface area contributed by atoms with Crippen LogP contribution in [0.5, 0.6) is 0 Å². The molecule has 0 aliphatic rings. The first kappa shape index (κ1) is 20.9. The third kappa shape index (κ3) is 5.32. The third-order valence-corrected chi connectivity index (χ3v) is 3.73. The van der Waals surface area contributed by atoms with Crippen LogP contribution >= 0.6 is 0 Å². The van der Waals surface area contributed by atoms with Gasteiger partial charge in [-0.3, -0.25) is 19.7 Å². The van der Waals surface area contributed by atoms with E-state index in [4.69, 9.17) is 4.74 Å². The van der Waals surface area contributed by atoms with Gasteiger partial charge in [-0.05, 0) is 26.0 Å². The predicted molar refractivity (Wildman–Crippen MR) is 95.5 cm³/mol. The summed E-state index contributed by atoms with van der Waals surface area (Å²) >= 11 is 0. The molecule has 0 saturated carbocycles. The molecular formula is C19H18F2N2O5. The van der Waals surface area contributed by atoms with Crippen LogP contribution < -0.4 is 5.32 Å². The Bertz CT molecular complexity index is 902. The van der Waals surface area contributed by atoms with Crippen molar-refractivity contribution in [1.82, 2.24) is 5.32 Å². The lowest BCUT2D eigenvalue weighted by Gasteiger charge is -2.19. The Kier molecular flexibility index (Phi) is 6.75. The van der Waals surface area contributed by atoms with Crippen LogP contribution in [-0.2, 0) is 9.53 Å². The standard InChI is InChI=1S/C19H18F2N2O5/c1-11(2)28-18(24)10-16(14-5-3-4-6-17(14)23(26)27)22-19(25)13-8-7-12(20)9-15(13)21/h3-9,11,16H,10H2,1-2H3,(H,22,25). The Labute approximate surface area is 159 Å². The number of carbonyl (C=O) groups is 2. The number of para-hydroxylation sites is 1. The van der Waals surface area contributed by atoms with Crippen LogP contribution in [0.3, 0.4) is 0 Å². The SMILES string of the molecule is CC(C)OC(=O)CC(NC(=O)c1ccc(F)cc1F)c1ccccc1[N+](=O)[O-]. The molecule has 9 heteroatoms. The molecule has 0 radical (unpaired) electrons. The highest BCUT2D eigenvalue weighted by atomic mass is 19.1. The number of nitro benzene ring substituents is 1. The minimum atomic E-state index is -1.15. The first-order valence-corrected chi connectivity index (χ1v) is 8.37. The summed E-state index contributed by atoms with van der Waals surface area (Å²) in [4.78, 5) is 35.2. The van der Waals surface area contributed by atoms with Crippen molar-refractivity contribution in [1.29, 1.82) is 0 Å². The van der Waals surface area contributed by atoms with Crippen molar-refractivity contribution in [2.24, 2.45) is 0 Å². The number of amides is 1. The zero-order chi connectivity index (χ0) is 20.8. The number of esters is 1. The zero-order valence-electron chi connectivity index (χ0n) is 15.1. The van der Waals surface area contributed by atoms with Crippen molar-refractivity contribution in [3.8, 4) is 0 Å². The zero-order valence-corrected chi connectivity index (χ0v) is 15.1. The van der Waals surface area contributed by atoms with Crippen LogP contribution in [0.15, 0.2) is 42.5 Å². The normalized spacial score (nSPS) is 11.8. The minimum Gasteiger partial charge on any atom is -0.463 e. The highest BCUT2D eigenvalue weighted by Crippen LogP contribution is 2.28. The van der Waals surface area contributed by atoms with Crippen molar-refractivity contribution in [3.05, 3.63) is 75.3 Å². The maximum atomic E-state index is 13.9. The summed E-state index contributed by atoms with van der Waals surface area (Å²) in [6.07, 6.45) is -0.832. The topological polar surface area (TPSA) is 98.5 Å². The number of hydrogen-bond donors (Lipinski definition) is 1. The summed E-state index contributed by atoms with van der Waals surface area (Å²) in [7, 11) is 0. The molecule has 0 fully saturated rings. The van der Waals surface area contributed by atoms with Gasteiger partial charge in [-0.1, -0.05) is 18.2 Å². The Balaban J connectivity index is 2.37. The number of rotatable bonds is 7. The van der Waals surface area contributed by atoms with Crippen molar-refractivity contribution in [2.45, 2.75) is 32.4 Å². The molecule has 0 bridgehead atoms. The largest absolute Gasteiger partial charge is 0.463 e. The predicted octanol–water partition coefficient (Wildman–Crippen LogP) is 3.69. The van der Waals surface area contributed by atoms with Gasteiger partial charge in [-0.25, -0.2) is 8.78 Å². The van der Waals surface area contributed by atoms with E-state index in [2.05, 4.69) is 5.32 Å². The van der Waals surface area contributed by atoms with Gasteiger partial charge in [-0.15, -0.1) is 0 Å². The molecule has 1 atom stereocenters. The van der Waals surface area contributed by atoms with E-state index in [1.54, 1.807) is 13.8 Å². The fourth-order valence-corrected chi connectivity index (χ4v) is 2.57. The van der Waals surface area contributed by atoms with Gasteiger partial charge in [0.2, 0.25) is 0 Å². The van der Waals surface area contributed by atoms with E-state index in [-0.39, 0.29) is 11.3 Å². The number of nitrogens with zero attached hydrogens (tertiary/aromatic N) is 1. The monoisotopic (exact) mass is 392 g/mol. The number of carbonyl (C=O) groups excluding carboxylic acids is 2. The fourth-order valence-electron chi connectivity index (χ4n) is 2.57.